The van der Waals surface area contributed by atoms with Crippen molar-refractivity contribution in [3.8, 4) is 0 Å². The maximum atomic E-state index is 12.5. The quantitative estimate of drug-likeness (QED) is 0.750. The summed E-state index contributed by atoms with van der Waals surface area (Å²) in [4.78, 5) is 24.5. The van der Waals surface area contributed by atoms with Crippen LogP contribution in [0.5, 0.6) is 0 Å². The minimum absolute atomic E-state index is 0.0982. The molecule has 2 aromatic carbocycles. The number of hydrogen-bond acceptors (Lipinski definition) is 2. The van der Waals surface area contributed by atoms with Crippen LogP contribution in [0.2, 0.25) is 0 Å². The Morgan fingerprint density at radius 1 is 0.929 bits per heavy atom. The van der Waals surface area contributed by atoms with E-state index < -0.39 is 6.04 Å². The van der Waals surface area contributed by atoms with E-state index in [1.165, 1.54) is 30.0 Å². The third-order valence-corrected chi connectivity index (χ3v) is 5.21. The highest BCUT2D eigenvalue weighted by molar-refractivity contribution is 5.95. The molecule has 1 aliphatic rings. The Bertz CT molecular complexity index is 858. The van der Waals surface area contributed by atoms with E-state index >= 15 is 0 Å². The second-order valence-corrected chi connectivity index (χ2v) is 7.44. The van der Waals surface area contributed by atoms with Crippen molar-refractivity contribution in [2.45, 2.75) is 51.6 Å². The van der Waals surface area contributed by atoms with Crippen molar-refractivity contribution in [3.63, 3.8) is 0 Å². The lowest BCUT2D eigenvalue weighted by Gasteiger charge is -2.21. The van der Waals surface area contributed by atoms with Crippen LogP contribution in [-0.2, 0) is 22.4 Å². The Hall–Kier alpha value is -2.88. The Kier molecular flexibility index (Phi) is 6.64. The summed E-state index contributed by atoms with van der Waals surface area (Å²) >= 11 is 0. The number of hydrogen-bond donors (Lipinski definition) is 2. The highest BCUT2D eigenvalue weighted by atomic mass is 16.2. The number of aryl methyl sites for hydroxylation is 2. The lowest BCUT2D eigenvalue weighted by molar-refractivity contribution is -0.127. The third kappa shape index (κ3) is 5.32. The number of benzene rings is 2. The number of carbonyl (C=O) groups is 2. The summed E-state index contributed by atoms with van der Waals surface area (Å²) in [5, 5.41) is 5.72. The van der Waals surface area contributed by atoms with Crippen molar-refractivity contribution in [1.82, 2.24) is 10.6 Å². The summed E-state index contributed by atoms with van der Waals surface area (Å²) in [5.41, 5.74) is 4.88. The largest absolute Gasteiger partial charge is 0.348 e. The standard InChI is InChI=1S/C24H28N2O2/c1-17(21-14-13-20-10-6-7-11-22(20)16-21)26-24(28)18(2)25-23(27)15-12-19-8-4-3-5-9-19/h3-5,8-9,12-18H,6-7,10-11H2,1-2H3,(H,25,27)(H,26,28)/b15-12+. The third-order valence-electron chi connectivity index (χ3n) is 5.21. The molecule has 0 radical (unpaired) electrons. The van der Waals surface area contributed by atoms with Crippen LogP contribution in [0.25, 0.3) is 6.08 Å². The molecule has 2 N–H and O–H groups in total. The maximum Gasteiger partial charge on any atom is 0.244 e. The second-order valence-electron chi connectivity index (χ2n) is 7.44. The summed E-state index contributed by atoms with van der Waals surface area (Å²) in [6.45, 7) is 3.68. The van der Waals surface area contributed by atoms with Gasteiger partial charge in [-0.2, -0.15) is 0 Å². The minimum atomic E-state index is -0.604. The summed E-state index contributed by atoms with van der Waals surface area (Å²) < 4.78 is 0. The molecule has 0 aromatic heterocycles. The molecular formula is C24H28N2O2. The van der Waals surface area contributed by atoms with E-state index in [0.717, 1.165) is 24.0 Å². The fourth-order valence-electron chi connectivity index (χ4n) is 3.51. The van der Waals surface area contributed by atoms with Crippen molar-refractivity contribution in [3.05, 3.63) is 76.9 Å². The molecule has 0 bridgehead atoms. The van der Waals surface area contributed by atoms with Gasteiger partial charge in [0.05, 0.1) is 6.04 Å². The average molecular weight is 377 g/mol. The van der Waals surface area contributed by atoms with Crippen molar-refractivity contribution in [1.29, 1.82) is 0 Å². The van der Waals surface area contributed by atoms with Gasteiger partial charge in [-0.1, -0.05) is 48.5 Å². The van der Waals surface area contributed by atoms with Crippen molar-refractivity contribution < 1.29 is 9.59 Å². The molecule has 28 heavy (non-hydrogen) atoms. The van der Waals surface area contributed by atoms with Gasteiger partial charge in [0.2, 0.25) is 11.8 Å². The molecule has 2 aromatic rings. The maximum absolute atomic E-state index is 12.5. The molecule has 2 unspecified atom stereocenters. The van der Waals surface area contributed by atoms with Gasteiger partial charge in [0.1, 0.15) is 6.04 Å². The normalized spacial score (nSPS) is 15.5. The lowest BCUT2D eigenvalue weighted by atomic mass is 9.89. The van der Waals surface area contributed by atoms with Crippen LogP contribution in [0.15, 0.2) is 54.6 Å². The first-order valence-corrected chi connectivity index (χ1v) is 9.98. The Morgan fingerprint density at radius 2 is 1.64 bits per heavy atom. The van der Waals surface area contributed by atoms with Crippen LogP contribution in [-0.4, -0.2) is 17.9 Å². The molecule has 0 heterocycles. The van der Waals surface area contributed by atoms with Crippen LogP contribution in [0.1, 0.15) is 55.0 Å². The number of amides is 2. The Morgan fingerprint density at radius 3 is 2.39 bits per heavy atom. The van der Waals surface area contributed by atoms with E-state index in [-0.39, 0.29) is 17.9 Å². The van der Waals surface area contributed by atoms with E-state index in [1.54, 1.807) is 13.0 Å². The number of rotatable bonds is 6. The van der Waals surface area contributed by atoms with Gasteiger partial charge in [-0.25, -0.2) is 0 Å². The molecule has 2 amide bonds. The first-order valence-electron chi connectivity index (χ1n) is 9.98. The predicted octanol–water partition coefficient (Wildman–Crippen LogP) is 3.96. The highest BCUT2D eigenvalue weighted by Gasteiger charge is 2.18. The van der Waals surface area contributed by atoms with Crippen molar-refractivity contribution >= 4 is 17.9 Å². The van der Waals surface area contributed by atoms with Crippen LogP contribution < -0.4 is 10.6 Å². The van der Waals surface area contributed by atoms with Gasteiger partial charge < -0.3 is 10.6 Å². The van der Waals surface area contributed by atoms with Crippen LogP contribution in [0.3, 0.4) is 0 Å². The van der Waals surface area contributed by atoms with Crippen LogP contribution >= 0.6 is 0 Å². The summed E-state index contributed by atoms with van der Waals surface area (Å²) in [7, 11) is 0. The van der Waals surface area contributed by atoms with Gasteiger partial charge >= 0.3 is 0 Å². The van der Waals surface area contributed by atoms with Crippen LogP contribution in [0, 0.1) is 0 Å². The van der Waals surface area contributed by atoms with E-state index in [9.17, 15) is 9.59 Å². The Labute approximate surface area is 167 Å². The van der Waals surface area contributed by atoms with E-state index in [4.69, 9.17) is 0 Å². The van der Waals surface area contributed by atoms with Crippen molar-refractivity contribution in [2.75, 3.05) is 0 Å². The summed E-state index contributed by atoms with van der Waals surface area (Å²) in [6.07, 6.45) is 7.94. The first-order chi connectivity index (χ1) is 13.5. The molecule has 2 atom stereocenters. The Balaban J connectivity index is 1.53. The van der Waals surface area contributed by atoms with Crippen molar-refractivity contribution in [2.24, 2.45) is 0 Å². The first kappa shape index (κ1) is 19.9. The zero-order valence-corrected chi connectivity index (χ0v) is 16.6. The SMILES string of the molecule is CC(NC(=O)/C=C/c1ccccc1)C(=O)NC(C)c1ccc2c(c1)CCCC2. The molecule has 0 spiro atoms. The molecule has 0 saturated heterocycles. The number of fused-ring (bicyclic) bond motifs is 1. The number of carbonyl (C=O) groups excluding carboxylic acids is 2. The molecule has 0 saturated carbocycles. The summed E-state index contributed by atoms with van der Waals surface area (Å²) in [6, 6.07) is 15.4. The molecule has 0 fully saturated rings. The molecule has 1 aliphatic carbocycles. The van der Waals surface area contributed by atoms with Gasteiger partial charge in [-0.05, 0) is 67.9 Å². The minimum Gasteiger partial charge on any atom is -0.348 e. The van der Waals surface area contributed by atoms with E-state index in [2.05, 4.69) is 28.8 Å². The lowest BCUT2D eigenvalue weighted by Crippen LogP contribution is -2.45. The van der Waals surface area contributed by atoms with Gasteiger partial charge in [0, 0.05) is 6.08 Å². The highest BCUT2D eigenvalue weighted by Crippen LogP contribution is 2.24. The second kappa shape index (κ2) is 9.36. The van der Waals surface area contributed by atoms with Crippen LogP contribution in [0.4, 0.5) is 0 Å². The fraction of sp³-hybridized carbons (Fsp3) is 0.333. The van der Waals surface area contributed by atoms with Gasteiger partial charge in [0.15, 0.2) is 0 Å². The van der Waals surface area contributed by atoms with Gasteiger partial charge in [0.25, 0.3) is 0 Å². The molecule has 3 rings (SSSR count). The van der Waals surface area contributed by atoms with Gasteiger partial charge in [-0.15, -0.1) is 0 Å². The van der Waals surface area contributed by atoms with E-state index in [1.807, 2.05) is 37.3 Å². The molecule has 0 aliphatic heterocycles. The van der Waals surface area contributed by atoms with Gasteiger partial charge in [-0.3, -0.25) is 9.59 Å². The zero-order valence-electron chi connectivity index (χ0n) is 16.6. The molecule has 4 heteroatoms. The number of nitrogens with one attached hydrogen (secondary N) is 2. The monoisotopic (exact) mass is 376 g/mol. The van der Waals surface area contributed by atoms with E-state index in [0.29, 0.717) is 0 Å². The molecule has 4 nitrogen and oxygen atoms in total. The topological polar surface area (TPSA) is 58.2 Å². The predicted molar refractivity (Wildman–Crippen MR) is 113 cm³/mol. The average Bonchev–Trinajstić information content (AvgIpc) is 2.72. The fourth-order valence-corrected chi connectivity index (χ4v) is 3.51. The molecule has 146 valence electrons. The zero-order chi connectivity index (χ0) is 19.9. The summed E-state index contributed by atoms with van der Waals surface area (Å²) in [5.74, 6) is -0.473. The smallest absolute Gasteiger partial charge is 0.244 e. The molecular weight excluding hydrogens is 348 g/mol.